The number of hydrogen-bond acceptors (Lipinski definition) is 1. The number of thiophene rings is 1. The van der Waals surface area contributed by atoms with Crippen molar-refractivity contribution in [3.63, 3.8) is 0 Å². The van der Waals surface area contributed by atoms with Crippen LogP contribution in [0.3, 0.4) is 0 Å². The van der Waals surface area contributed by atoms with E-state index in [4.69, 9.17) is 11.6 Å². The first-order chi connectivity index (χ1) is 4.34. The summed E-state index contributed by atoms with van der Waals surface area (Å²) < 4.78 is 0. The molecule has 0 bridgehead atoms. The molecule has 0 aliphatic rings. The van der Waals surface area contributed by atoms with Crippen LogP contribution in [0.25, 0.3) is 0 Å². The molecule has 1 atom stereocenters. The lowest BCUT2D eigenvalue weighted by atomic mass is 10.2. The van der Waals surface area contributed by atoms with Gasteiger partial charge in [0.25, 0.3) is 0 Å². The second kappa shape index (κ2) is 3.23. The van der Waals surface area contributed by atoms with Crippen molar-refractivity contribution in [2.24, 2.45) is 0 Å². The van der Waals surface area contributed by atoms with E-state index in [0.29, 0.717) is 0 Å². The van der Waals surface area contributed by atoms with Crippen molar-refractivity contribution in [1.29, 1.82) is 0 Å². The van der Waals surface area contributed by atoms with E-state index in [-0.39, 0.29) is 5.38 Å². The van der Waals surface area contributed by atoms with Crippen molar-refractivity contribution in [3.05, 3.63) is 22.4 Å². The number of hydrogen-bond donors (Lipinski definition) is 0. The Kier molecular flexibility index (Phi) is 2.55. The van der Waals surface area contributed by atoms with E-state index in [9.17, 15) is 0 Å². The molecule has 1 aromatic heterocycles. The molecule has 0 spiro atoms. The fourth-order valence-electron chi connectivity index (χ4n) is 0.689. The van der Waals surface area contributed by atoms with Crippen LogP contribution in [-0.2, 0) is 0 Å². The zero-order valence-corrected chi connectivity index (χ0v) is 6.88. The van der Waals surface area contributed by atoms with Gasteiger partial charge < -0.3 is 0 Å². The van der Waals surface area contributed by atoms with Crippen LogP contribution in [0, 0.1) is 0 Å². The molecule has 50 valence electrons. The quantitative estimate of drug-likeness (QED) is 0.582. The van der Waals surface area contributed by atoms with E-state index in [1.807, 2.05) is 0 Å². The van der Waals surface area contributed by atoms with Gasteiger partial charge in [0, 0.05) is 0 Å². The molecule has 0 N–H and O–H groups in total. The Bertz CT molecular complexity index is 157. The van der Waals surface area contributed by atoms with Gasteiger partial charge in [-0.25, -0.2) is 0 Å². The van der Waals surface area contributed by atoms with Gasteiger partial charge in [0.1, 0.15) is 0 Å². The van der Waals surface area contributed by atoms with Crippen LogP contribution in [0.4, 0.5) is 0 Å². The maximum atomic E-state index is 5.94. The second-order valence-corrected chi connectivity index (χ2v) is 3.24. The maximum absolute atomic E-state index is 5.94. The Morgan fingerprint density at radius 3 is 3.00 bits per heavy atom. The molecule has 1 unspecified atom stereocenters. The molecule has 0 aromatic carbocycles. The highest BCUT2D eigenvalue weighted by molar-refractivity contribution is 7.08. The molecule has 9 heavy (non-hydrogen) atoms. The van der Waals surface area contributed by atoms with E-state index in [0.717, 1.165) is 6.42 Å². The van der Waals surface area contributed by atoms with Crippen molar-refractivity contribution >= 4 is 22.9 Å². The molecule has 0 aliphatic carbocycles. The van der Waals surface area contributed by atoms with Crippen LogP contribution >= 0.6 is 22.9 Å². The molecular weight excluding hydrogens is 152 g/mol. The zero-order valence-electron chi connectivity index (χ0n) is 5.30. The predicted molar refractivity (Wildman–Crippen MR) is 43.2 cm³/mol. The van der Waals surface area contributed by atoms with Gasteiger partial charge in [-0.1, -0.05) is 6.92 Å². The summed E-state index contributed by atoms with van der Waals surface area (Å²) in [6.07, 6.45) is 1.01. The van der Waals surface area contributed by atoms with E-state index < -0.39 is 0 Å². The molecule has 0 aliphatic heterocycles. The normalized spacial score (nSPS) is 13.6. The molecule has 1 heterocycles. The van der Waals surface area contributed by atoms with Crippen LogP contribution < -0.4 is 0 Å². The fourth-order valence-corrected chi connectivity index (χ4v) is 1.61. The number of rotatable bonds is 2. The Morgan fingerprint density at radius 1 is 1.78 bits per heavy atom. The third-order valence-electron chi connectivity index (χ3n) is 1.26. The van der Waals surface area contributed by atoms with E-state index in [2.05, 4.69) is 23.8 Å². The summed E-state index contributed by atoms with van der Waals surface area (Å²) in [6, 6.07) is 2.08. The monoisotopic (exact) mass is 160 g/mol. The lowest BCUT2D eigenvalue weighted by Crippen LogP contribution is -1.81. The van der Waals surface area contributed by atoms with Gasteiger partial charge >= 0.3 is 0 Å². The average Bonchev–Trinajstić information content (AvgIpc) is 2.37. The maximum Gasteiger partial charge on any atom is 0.0590 e. The molecule has 2 heteroatoms. The third-order valence-corrected chi connectivity index (χ3v) is 2.53. The largest absolute Gasteiger partial charge is 0.152 e. The van der Waals surface area contributed by atoms with Gasteiger partial charge in [-0.2, -0.15) is 11.3 Å². The van der Waals surface area contributed by atoms with Crippen molar-refractivity contribution in [2.75, 3.05) is 0 Å². The van der Waals surface area contributed by atoms with Crippen LogP contribution in [0.1, 0.15) is 24.3 Å². The smallest absolute Gasteiger partial charge is 0.0590 e. The van der Waals surface area contributed by atoms with Crippen molar-refractivity contribution < 1.29 is 0 Å². The molecule has 0 nitrogen and oxygen atoms in total. The first-order valence-electron chi connectivity index (χ1n) is 3.00. The van der Waals surface area contributed by atoms with E-state index in [1.165, 1.54) is 5.56 Å². The van der Waals surface area contributed by atoms with Gasteiger partial charge in [0.15, 0.2) is 0 Å². The molecule has 0 saturated heterocycles. The fraction of sp³-hybridized carbons (Fsp3) is 0.429. The third kappa shape index (κ3) is 1.70. The summed E-state index contributed by atoms with van der Waals surface area (Å²) in [4.78, 5) is 0. The first-order valence-corrected chi connectivity index (χ1v) is 4.38. The minimum Gasteiger partial charge on any atom is -0.152 e. The van der Waals surface area contributed by atoms with Gasteiger partial charge in [-0.05, 0) is 28.8 Å². The van der Waals surface area contributed by atoms with Gasteiger partial charge in [-0.3, -0.25) is 0 Å². The lowest BCUT2D eigenvalue weighted by Gasteiger charge is -2.00. The molecular formula is C7H9ClS. The minimum atomic E-state index is 0.219. The van der Waals surface area contributed by atoms with E-state index >= 15 is 0 Å². The molecule has 0 amide bonds. The second-order valence-electron chi connectivity index (χ2n) is 1.93. The summed E-state index contributed by atoms with van der Waals surface area (Å²) in [5.74, 6) is 0. The Labute approximate surface area is 64.5 Å². The molecule has 0 fully saturated rings. The summed E-state index contributed by atoms with van der Waals surface area (Å²) >= 11 is 7.64. The van der Waals surface area contributed by atoms with Crippen molar-refractivity contribution in [3.8, 4) is 0 Å². The van der Waals surface area contributed by atoms with Crippen LogP contribution in [0.2, 0.25) is 0 Å². The highest BCUT2D eigenvalue weighted by Crippen LogP contribution is 2.24. The van der Waals surface area contributed by atoms with Crippen molar-refractivity contribution in [2.45, 2.75) is 18.7 Å². The first kappa shape index (κ1) is 7.10. The molecule has 1 aromatic rings. The van der Waals surface area contributed by atoms with Crippen LogP contribution in [0.15, 0.2) is 16.8 Å². The molecule has 0 saturated carbocycles. The SMILES string of the molecule is CCC(Cl)c1ccsc1. The van der Waals surface area contributed by atoms with Gasteiger partial charge in [-0.15, -0.1) is 11.6 Å². The highest BCUT2D eigenvalue weighted by Gasteiger charge is 2.02. The molecule has 1 rings (SSSR count). The van der Waals surface area contributed by atoms with Crippen LogP contribution in [-0.4, -0.2) is 0 Å². The Balaban J connectivity index is 2.65. The van der Waals surface area contributed by atoms with Gasteiger partial charge in [0.05, 0.1) is 5.38 Å². The van der Waals surface area contributed by atoms with Gasteiger partial charge in [0.2, 0.25) is 0 Å². The van der Waals surface area contributed by atoms with E-state index in [1.54, 1.807) is 11.3 Å². The molecule has 0 radical (unpaired) electrons. The van der Waals surface area contributed by atoms with Crippen LogP contribution in [0.5, 0.6) is 0 Å². The van der Waals surface area contributed by atoms with Crippen molar-refractivity contribution in [1.82, 2.24) is 0 Å². The summed E-state index contributed by atoms with van der Waals surface area (Å²) in [7, 11) is 0. The standard InChI is InChI=1S/C7H9ClS/c1-2-7(8)6-3-4-9-5-6/h3-5,7H,2H2,1H3. The summed E-state index contributed by atoms with van der Waals surface area (Å²) in [5.41, 5.74) is 1.25. The lowest BCUT2D eigenvalue weighted by molar-refractivity contribution is 0.888. The number of alkyl halides is 1. The zero-order chi connectivity index (χ0) is 6.69. The summed E-state index contributed by atoms with van der Waals surface area (Å²) in [5, 5.41) is 4.37. The number of halogens is 1. The highest BCUT2D eigenvalue weighted by atomic mass is 35.5. The topological polar surface area (TPSA) is 0 Å². The summed E-state index contributed by atoms with van der Waals surface area (Å²) in [6.45, 7) is 2.09. The minimum absolute atomic E-state index is 0.219. The Hall–Kier alpha value is -0.0100. The Morgan fingerprint density at radius 2 is 2.56 bits per heavy atom. The average molecular weight is 161 g/mol. The predicted octanol–water partition coefficient (Wildman–Crippen LogP) is 3.44.